The fraction of sp³-hybridized carbons (Fsp3) is 0.923. The zero-order chi connectivity index (χ0) is 12.3. The van der Waals surface area contributed by atoms with Crippen LogP contribution in [0.2, 0.25) is 0 Å². The van der Waals surface area contributed by atoms with Crippen LogP contribution in [0.5, 0.6) is 0 Å². The zero-order valence-electron chi connectivity index (χ0n) is 10.6. The van der Waals surface area contributed by atoms with E-state index in [0.717, 1.165) is 45.4 Å². The van der Waals surface area contributed by atoms with Crippen molar-refractivity contribution in [1.82, 2.24) is 4.90 Å². The zero-order valence-corrected chi connectivity index (χ0v) is 10.6. The molecule has 0 bridgehead atoms. The van der Waals surface area contributed by atoms with Crippen molar-refractivity contribution in [1.29, 1.82) is 0 Å². The summed E-state index contributed by atoms with van der Waals surface area (Å²) in [4.78, 5) is 13.7. The third kappa shape index (κ3) is 3.19. The van der Waals surface area contributed by atoms with Crippen molar-refractivity contribution in [3.63, 3.8) is 0 Å². The van der Waals surface area contributed by atoms with Gasteiger partial charge in [0.2, 0.25) is 0 Å². The van der Waals surface area contributed by atoms with E-state index in [-0.39, 0.29) is 18.1 Å². The average Bonchev–Trinajstić information content (AvgIpc) is 2.54. The van der Waals surface area contributed by atoms with Crippen molar-refractivity contribution >= 4 is 5.97 Å². The third-order valence-electron chi connectivity index (χ3n) is 4.00. The van der Waals surface area contributed by atoms with Gasteiger partial charge in [-0.2, -0.15) is 0 Å². The molecule has 0 aromatic rings. The molecular formula is C13H23NO3. The van der Waals surface area contributed by atoms with Crippen LogP contribution in [-0.4, -0.2) is 47.8 Å². The minimum atomic E-state index is -0.618. The Labute approximate surface area is 103 Å². The number of rotatable bonds is 2. The molecule has 0 spiro atoms. The first-order chi connectivity index (χ1) is 8.18. The van der Waals surface area contributed by atoms with Gasteiger partial charge in [0.25, 0.3) is 0 Å². The number of carboxylic acids is 1. The monoisotopic (exact) mass is 241 g/mol. The lowest BCUT2D eigenvalue weighted by atomic mass is 9.83. The van der Waals surface area contributed by atoms with Crippen LogP contribution in [0.4, 0.5) is 0 Å². The van der Waals surface area contributed by atoms with Gasteiger partial charge < -0.3 is 9.84 Å². The van der Waals surface area contributed by atoms with Crippen LogP contribution in [0.25, 0.3) is 0 Å². The molecule has 0 aromatic heterocycles. The van der Waals surface area contributed by atoms with Crippen LogP contribution in [0.3, 0.4) is 0 Å². The Morgan fingerprint density at radius 1 is 1.29 bits per heavy atom. The fourth-order valence-corrected chi connectivity index (χ4v) is 3.16. The van der Waals surface area contributed by atoms with Crippen molar-refractivity contribution in [3.05, 3.63) is 0 Å². The molecule has 3 unspecified atom stereocenters. The molecule has 0 radical (unpaired) electrons. The number of hydrogen-bond acceptors (Lipinski definition) is 3. The van der Waals surface area contributed by atoms with E-state index in [4.69, 9.17) is 4.74 Å². The molecule has 4 nitrogen and oxygen atoms in total. The average molecular weight is 241 g/mol. The van der Waals surface area contributed by atoms with E-state index < -0.39 is 5.97 Å². The lowest BCUT2D eigenvalue weighted by molar-refractivity contribution is -0.145. The predicted octanol–water partition coefficient (Wildman–Crippen LogP) is 1.74. The molecule has 17 heavy (non-hydrogen) atoms. The minimum absolute atomic E-state index is 0.172. The molecule has 4 heteroatoms. The summed E-state index contributed by atoms with van der Waals surface area (Å²) >= 11 is 0. The first-order valence-corrected chi connectivity index (χ1v) is 6.77. The molecule has 0 amide bonds. The van der Waals surface area contributed by atoms with Crippen molar-refractivity contribution in [2.75, 3.05) is 19.7 Å². The standard InChI is InChI=1S/C13H23NO3/c1-10-9-14(7-4-8-17-10)12-6-3-2-5-11(12)13(15)16/h10-12H,2-9H2,1H3,(H,15,16). The molecule has 1 saturated heterocycles. The molecule has 1 saturated carbocycles. The predicted molar refractivity (Wildman–Crippen MR) is 65.0 cm³/mol. The van der Waals surface area contributed by atoms with Gasteiger partial charge in [-0.1, -0.05) is 12.8 Å². The maximum atomic E-state index is 11.3. The second-order valence-electron chi connectivity index (χ2n) is 5.33. The molecule has 1 heterocycles. The summed E-state index contributed by atoms with van der Waals surface area (Å²) in [6.45, 7) is 4.76. The Morgan fingerprint density at radius 3 is 2.82 bits per heavy atom. The van der Waals surface area contributed by atoms with E-state index in [2.05, 4.69) is 11.8 Å². The Kier molecular flexibility index (Phi) is 4.40. The van der Waals surface area contributed by atoms with Gasteiger partial charge in [0.1, 0.15) is 0 Å². The number of carboxylic acid groups (broad SMARTS) is 1. The van der Waals surface area contributed by atoms with Gasteiger partial charge in [0.15, 0.2) is 0 Å². The Bertz CT molecular complexity index is 269. The highest BCUT2D eigenvalue weighted by Gasteiger charge is 2.35. The van der Waals surface area contributed by atoms with Crippen LogP contribution in [-0.2, 0) is 9.53 Å². The summed E-state index contributed by atoms with van der Waals surface area (Å²) in [6, 6.07) is 0.227. The minimum Gasteiger partial charge on any atom is -0.481 e. The van der Waals surface area contributed by atoms with E-state index in [1.165, 1.54) is 6.42 Å². The van der Waals surface area contributed by atoms with Gasteiger partial charge in [-0.25, -0.2) is 0 Å². The highest BCUT2D eigenvalue weighted by atomic mass is 16.5. The normalized spacial score (nSPS) is 36.4. The van der Waals surface area contributed by atoms with Gasteiger partial charge in [0, 0.05) is 25.7 Å². The molecule has 3 atom stereocenters. The van der Waals surface area contributed by atoms with Gasteiger partial charge in [-0.3, -0.25) is 9.69 Å². The summed E-state index contributed by atoms with van der Waals surface area (Å²) < 4.78 is 5.63. The quantitative estimate of drug-likeness (QED) is 0.800. The van der Waals surface area contributed by atoms with Crippen LogP contribution < -0.4 is 0 Å². The summed E-state index contributed by atoms with van der Waals surface area (Å²) in [7, 11) is 0. The lowest BCUT2D eigenvalue weighted by Crippen LogP contribution is -2.47. The highest BCUT2D eigenvalue weighted by molar-refractivity contribution is 5.71. The first kappa shape index (κ1) is 12.8. The van der Waals surface area contributed by atoms with Gasteiger partial charge >= 0.3 is 5.97 Å². The number of ether oxygens (including phenoxy) is 1. The smallest absolute Gasteiger partial charge is 0.308 e. The van der Waals surface area contributed by atoms with Crippen molar-refractivity contribution in [2.24, 2.45) is 5.92 Å². The molecule has 1 aliphatic carbocycles. The lowest BCUT2D eigenvalue weighted by Gasteiger charge is -2.38. The number of aliphatic carboxylic acids is 1. The van der Waals surface area contributed by atoms with E-state index in [9.17, 15) is 9.90 Å². The first-order valence-electron chi connectivity index (χ1n) is 6.77. The van der Waals surface area contributed by atoms with Crippen molar-refractivity contribution < 1.29 is 14.6 Å². The van der Waals surface area contributed by atoms with E-state index >= 15 is 0 Å². The SMILES string of the molecule is CC1CN(C2CCCCC2C(=O)O)CCCO1. The summed E-state index contributed by atoms with van der Waals surface area (Å²) in [5.41, 5.74) is 0. The van der Waals surface area contributed by atoms with Crippen LogP contribution in [0.1, 0.15) is 39.0 Å². The molecule has 0 aromatic carbocycles. The van der Waals surface area contributed by atoms with E-state index in [1.807, 2.05) is 0 Å². The van der Waals surface area contributed by atoms with Crippen molar-refractivity contribution in [3.8, 4) is 0 Å². The molecule has 98 valence electrons. The van der Waals surface area contributed by atoms with Gasteiger partial charge in [-0.15, -0.1) is 0 Å². The van der Waals surface area contributed by atoms with Gasteiger partial charge in [0.05, 0.1) is 12.0 Å². The molecule has 1 aliphatic heterocycles. The van der Waals surface area contributed by atoms with Crippen LogP contribution in [0.15, 0.2) is 0 Å². The molecule has 2 fully saturated rings. The number of hydrogen-bond donors (Lipinski definition) is 1. The third-order valence-corrected chi connectivity index (χ3v) is 4.00. The van der Waals surface area contributed by atoms with E-state index in [0.29, 0.717) is 0 Å². The Morgan fingerprint density at radius 2 is 2.06 bits per heavy atom. The summed E-state index contributed by atoms with van der Waals surface area (Å²) in [6.07, 6.45) is 5.35. The summed E-state index contributed by atoms with van der Waals surface area (Å²) in [5, 5.41) is 9.32. The maximum absolute atomic E-state index is 11.3. The molecule has 2 rings (SSSR count). The molecular weight excluding hydrogens is 218 g/mol. The van der Waals surface area contributed by atoms with Crippen molar-refractivity contribution in [2.45, 2.75) is 51.2 Å². The van der Waals surface area contributed by atoms with Gasteiger partial charge in [-0.05, 0) is 26.2 Å². The second kappa shape index (κ2) is 5.83. The molecule has 2 aliphatic rings. The number of carbonyl (C=O) groups is 1. The summed E-state index contributed by atoms with van der Waals surface area (Å²) in [5.74, 6) is -0.790. The highest BCUT2D eigenvalue weighted by Crippen LogP contribution is 2.29. The van der Waals surface area contributed by atoms with E-state index in [1.54, 1.807) is 0 Å². The second-order valence-corrected chi connectivity index (χ2v) is 5.33. The van der Waals surface area contributed by atoms with Crippen LogP contribution in [0, 0.1) is 5.92 Å². The Balaban J connectivity index is 2.04. The van der Waals surface area contributed by atoms with Crippen LogP contribution >= 0.6 is 0 Å². The number of nitrogens with zero attached hydrogens (tertiary/aromatic N) is 1. The fourth-order valence-electron chi connectivity index (χ4n) is 3.16. The topological polar surface area (TPSA) is 49.8 Å². The Hall–Kier alpha value is -0.610. The maximum Gasteiger partial charge on any atom is 0.308 e. The largest absolute Gasteiger partial charge is 0.481 e. The molecule has 1 N–H and O–H groups in total.